The van der Waals surface area contributed by atoms with Crippen LogP contribution in [0.15, 0.2) is 35.7 Å². The minimum Gasteiger partial charge on any atom is -0.429 e. The predicted molar refractivity (Wildman–Crippen MR) is 93.9 cm³/mol. The number of para-hydroxylation sites is 1. The molecule has 0 amide bonds. The van der Waals surface area contributed by atoms with Crippen LogP contribution in [-0.4, -0.2) is 40.7 Å². The molecule has 4 unspecified atom stereocenters. The maximum absolute atomic E-state index is 11.9. The first kappa shape index (κ1) is 15.4. The number of benzene rings is 1. The van der Waals surface area contributed by atoms with E-state index in [1.54, 1.807) is 0 Å². The molecule has 3 heterocycles. The Hall–Kier alpha value is -1.85. The molecule has 0 radical (unpaired) electrons. The van der Waals surface area contributed by atoms with Crippen LogP contribution in [0, 0.1) is 5.92 Å². The summed E-state index contributed by atoms with van der Waals surface area (Å²) in [5.41, 5.74) is 2.45. The van der Waals surface area contributed by atoms with Gasteiger partial charge in [0.25, 0.3) is 0 Å². The lowest BCUT2D eigenvalue weighted by Crippen LogP contribution is -2.62. The van der Waals surface area contributed by atoms with Crippen LogP contribution >= 0.6 is 0 Å². The first-order valence-electron chi connectivity index (χ1n) is 9.25. The highest BCUT2D eigenvalue weighted by Crippen LogP contribution is 2.62. The summed E-state index contributed by atoms with van der Waals surface area (Å²) in [5.74, 6) is 0.226. The van der Waals surface area contributed by atoms with Crippen molar-refractivity contribution in [2.45, 2.75) is 50.2 Å². The van der Waals surface area contributed by atoms with E-state index in [0.717, 1.165) is 30.8 Å². The number of hydrogen-bond acceptors (Lipinski definition) is 5. The Morgan fingerprint density at radius 1 is 1.44 bits per heavy atom. The van der Waals surface area contributed by atoms with Gasteiger partial charge >= 0.3 is 5.97 Å². The lowest BCUT2D eigenvalue weighted by molar-refractivity contribution is -0.144. The second kappa shape index (κ2) is 4.86. The molecule has 132 valence electrons. The number of carbonyl (C=O) groups excluding carboxylic acids is 1. The molecule has 2 N–H and O–H groups in total. The third kappa shape index (κ3) is 1.78. The van der Waals surface area contributed by atoms with Gasteiger partial charge in [0.05, 0.1) is 22.6 Å². The van der Waals surface area contributed by atoms with Crippen molar-refractivity contribution in [1.82, 2.24) is 4.90 Å². The number of nitrogens with zero attached hydrogens (tertiary/aromatic N) is 1. The number of fused-ring (bicyclic) bond motifs is 2. The molecule has 1 aromatic rings. The topological polar surface area (TPSA) is 61.8 Å². The van der Waals surface area contributed by atoms with Gasteiger partial charge in [-0.3, -0.25) is 9.69 Å². The summed E-state index contributed by atoms with van der Waals surface area (Å²) in [4.78, 5) is 14.3. The Balaban J connectivity index is 1.78. The van der Waals surface area contributed by atoms with Crippen molar-refractivity contribution in [3.8, 4) is 0 Å². The Morgan fingerprint density at radius 2 is 2.24 bits per heavy atom. The second-order valence-corrected chi connectivity index (χ2v) is 7.96. The molecule has 5 rings (SSSR count). The highest BCUT2D eigenvalue weighted by atomic mass is 16.5. The lowest BCUT2D eigenvalue weighted by atomic mass is 9.61. The Morgan fingerprint density at radius 3 is 3.00 bits per heavy atom. The number of hydrogen-bond donors (Lipinski definition) is 2. The first-order chi connectivity index (χ1) is 12.0. The molecule has 1 aliphatic carbocycles. The van der Waals surface area contributed by atoms with Crippen LogP contribution < -0.4 is 5.32 Å². The van der Waals surface area contributed by atoms with Crippen molar-refractivity contribution >= 4 is 11.7 Å². The van der Waals surface area contributed by atoms with Gasteiger partial charge in [-0.25, -0.2) is 0 Å². The number of anilines is 1. The zero-order chi connectivity index (χ0) is 17.4. The maximum atomic E-state index is 11.9. The Labute approximate surface area is 147 Å². The molecule has 2 fully saturated rings. The fourth-order valence-electron chi connectivity index (χ4n) is 5.81. The number of carbonyl (C=O) groups is 1. The first-order valence-corrected chi connectivity index (χ1v) is 9.25. The molecule has 4 aliphatic rings. The molecule has 3 aliphatic heterocycles. The van der Waals surface area contributed by atoms with Crippen molar-refractivity contribution in [3.05, 3.63) is 41.3 Å². The van der Waals surface area contributed by atoms with Crippen LogP contribution in [0.1, 0.15) is 38.7 Å². The van der Waals surface area contributed by atoms with Crippen LogP contribution in [0.5, 0.6) is 0 Å². The number of piperidine rings is 1. The molecule has 2 bridgehead atoms. The number of ether oxygens (including phenoxy) is 1. The minimum atomic E-state index is -0.846. The molecule has 4 atom stereocenters. The molecule has 0 saturated carbocycles. The van der Waals surface area contributed by atoms with Crippen molar-refractivity contribution in [2.24, 2.45) is 5.92 Å². The largest absolute Gasteiger partial charge is 0.429 e. The number of aliphatic hydroxyl groups is 1. The summed E-state index contributed by atoms with van der Waals surface area (Å²) in [7, 11) is 0. The van der Waals surface area contributed by atoms with Gasteiger partial charge in [0.1, 0.15) is 5.76 Å². The summed E-state index contributed by atoms with van der Waals surface area (Å²) in [5, 5.41) is 14.9. The van der Waals surface area contributed by atoms with Crippen LogP contribution in [-0.2, 0) is 14.9 Å². The normalized spacial score (nSPS) is 38.2. The van der Waals surface area contributed by atoms with Crippen LogP contribution in [0.2, 0.25) is 0 Å². The Bertz CT molecular complexity index is 804. The molecule has 5 heteroatoms. The quantitative estimate of drug-likeness (QED) is 0.810. The van der Waals surface area contributed by atoms with E-state index in [2.05, 4.69) is 28.4 Å². The van der Waals surface area contributed by atoms with E-state index in [1.165, 1.54) is 12.5 Å². The zero-order valence-corrected chi connectivity index (χ0v) is 14.7. The fraction of sp³-hybridized carbons (Fsp3) is 0.550. The van der Waals surface area contributed by atoms with Gasteiger partial charge in [-0.1, -0.05) is 25.1 Å². The number of rotatable bonds is 2. The molecule has 1 spiro atoms. The third-order valence-corrected chi connectivity index (χ3v) is 6.93. The van der Waals surface area contributed by atoms with Gasteiger partial charge in [-0.05, 0) is 37.4 Å². The highest BCUT2D eigenvalue weighted by Gasteiger charge is 2.65. The van der Waals surface area contributed by atoms with Gasteiger partial charge in [0, 0.05) is 25.2 Å². The number of esters is 1. The van der Waals surface area contributed by atoms with E-state index in [9.17, 15) is 9.90 Å². The van der Waals surface area contributed by atoms with E-state index in [0.29, 0.717) is 24.8 Å². The Kier molecular flexibility index (Phi) is 3.00. The molecular formula is C20H24N2O3. The fourth-order valence-corrected chi connectivity index (χ4v) is 5.81. The average Bonchev–Trinajstić information content (AvgIpc) is 3.14. The summed E-state index contributed by atoms with van der Waals surface area (Å²) in [6.07, 6.45) is 2.49. The van der Waals surface area contributed by atoms with Crippen molar-refractivity contribution in [2.75, 3.05) is 18.4 Å². The molecule has 2 saturated heterocycles. The molecule has 0 aromatic heterocycles. The van der Waals surface area contributed by atoms with E-state index in [-0.39, 0.29) is 17.3 Å². The SMILES string of the molecule is CCC1(O)CN2CCC34C(=C(OC(C)=O)C1CC23)Nc1ccccc14. The van der Waals surface area contributed by atoms with Gasteiger partial charge in [-0.15, -0.1) is 0 Å². The summed E-state index contributed by atoms with van der Waals surface area (Å²) in [6.45, 7) is 5.09. The highest BCUT2D eigenvalue weighted by molar-refractivity contribution is 5.74. The average molecular weight is 340 g/mol. The monoisotopic (exact) mass is 340 g/mol. The zero-order valence-electron chi connectivity index (χ0n) is 14.7. The van der Waals surface area contributed by atoms with E-state index < -0.39 is 5.60 Å². The molecular weight excluding hydrogens is 316 g/mol. The lowest BCUT2D eigenvalue weighted by Gasteiger charge is -2.53. The molecule has 5 nitrogen and oxygen atoms in total. The van der Waals surface area contributed by atoms with Crippen molar-refractivity contribution in [3.63, 3.8) is 0 Å². The van der Waals surface area contributed by atoms with Gasteiger partial charge < -0.3 is 15.2 Å². The van der Waals surface area contributed by atoms with Crippen molar-refractivity contribution in [1.29, 1.82) is 0 Å². The van der Waals surface area contributed by atoms with Crippen LogP contribution in [0.25, 0.3) is 0 Å². The smallest absolute Gasteiger partial charge is 0.307 e. The molecule has 1 aromatic carbocycles. The van der Waals surface area contributed by atoms with Gasteiger partial charge in [0.2, 0.25) is 0 Å². The van der Waals surface area contributed by atoms with E-state index in [4.69, 9.17) is 4.74 Å². The van der Waals surface area contributed by atoms with Crippen LogP contribution in [0.3, 0.4) is 0 Å². The predicted octanol–water partition coefficient (Wildman–Crippen LogP) is 2.37. The van der Waals surface area contributed by atoms with Gasteiger partial charge in [0.15, 0.2) is 0 Å². The maximum Gasteiger partial charge on any atom is 0.307 e. The summed E-state index contributed by atoms with van der Waals surface area (Å²) < 4.78 is 5.76. The summed E-state index contributed by atoms with van der Waals surface area (Å²) >= 11 is 0. The number of nitrogens with one attached hydrogen (secondary N) is 1. The molecule has 25 heavy (non-hydrogen) atoms. The minimum absolute atomic E-state index is 0.132. The van der Waals surface area contributed by atoms with Gasteiger partial charge in [-0.2, -0.15) is 0 Å². The van der Waals surface area contributed by atoms with E-state index >= 15 is 0 Å². The van der Waals surface area contributed by atoms with Crippen LogP contribution in [0.4, 0.5) is 5.69 Å². The van der Waals surface area contributed by atoms with Crippen molar-refractivity contribution < 1.29 is 14.6 Å². The second-order valence-electron chi connectivity index (χ2n) is 7.96. The third-order valence-electron chi connectivity index (χ3n) is 6.93. The summed E-state index contributed by atoms with van der Waals surface area (Å²) in [6, 6.07) is 8.77. The standard InChI is InChI=1S/C20H24N2O3/c1-3-19(24)11-22-9-8-20-13-6-4-5-7-15(13)21-18(20)17(25-12(2)23)14(19)10-16(20)22/h4-7,14,16,21,24H,3,8-11H2,1-2H3. The van der Waals surface area contributed by atoms with E-state index in [1.807, 2.05) is 13.0 Å².